The van der Waals surface area contributed by atoms with Crippen molar-refractivity contribution in [1.29, 1.82) is 0 Å². The first-order valence-corrected chi connectivity index (χ1v) is 6.79. The van der Waals surface area contributed by atoms with Crippen LogP contribution >= 0.6 is 0 Å². The van der Waals surface area contributed by atoms with E-state index in [9.17, 15) is 0 Å². The highest BCUT2D eigenvalue weighted by atomic mass is 15.4. The number of aromatic nitrogens is 3. The fraction of sp³-hybridized carbons (Fsp3) is 0.467. The van der Waals surface area contributed by atoms with Crippen molar-refractivity contribution in [1.82, 2.24) is 14.8 Å². The predicted molar refractivity (Wildman–Crippen MR) is 77.4 cm³/mol. The van der Waals surface area contributed by atoms with E-state index in [0.717, 1.165) is 11.5 Å². The number of hydrogen-bond acceptors (Lipinski definition) is 3. The van der Waals surface area contributed by atoms with Crippen LogP contribution in [0.15, 0.2) is 24.3 Å². The smallest absolute Gasteiger partial charge is 0.164 e. The Labute approximate surface area is 114 Å². The summed E-state index contributed by atoms with van der Waals surface area (Å²) in [5, 5.41) is 4.48. The van der Waals surface area contributed by atoms with Crippen molar-refractivity contribution in [3.8, 4) is 5.69 Å². The van der Waals surface area contributed by atoms with E-state index in [1.807, 2.05) is 4.68 Å². The predicted octanol–water partition coefficient (Wildman–Crippen LogP) is 2.97. The first-order chi connectivity index (χ1) is 9.02. The summed E-state index contributed by atoms with van der Waals surface area (Å²) in [5.74, 6) is 2.50. The van der Waals surface area contributed by atoms with Gasteiger partial charge in [-0.05, 0) is 23.6 Å². The van der Waals surface area contributed by atoms with Gasteiger partial charge in [-0.15, -0.1) is 5.10 Å². The van der Waals surface area contributed by atoms with Gasteiger partial charge in [-0.25, -0.2) is 9.67 Å². The maximum atomic E-state index is 5.64. The molecule has 0 spiro atoms. The fourth-order valence-electron chi connectivity index (χ4n) is 2.02. The second-order valence-corrected chi connectivity index (χ2v) is 5.40. The second kappa shape index (κ2) is 5.53. The van der Waals surface area contributed by atoms with Gasteiger partial charge in [-0.1, -0.05) is 39.8 Å². The summed E-state index contributed by atoms with van der Waals surface area (Å²) >= 11 is 0. The molecule has 2 rings (SSSR count). The van der Waals surface area contributed by atoms with Gasteiger partial charge >= 0.3 is 0 Å². The van der Waals surface area contributed by atoms with Gasteiger partial charge in [0.2, 0.25) is 0 Å². The summed E-state index contributed by atoms with van der Waals surface area (Å²) in [6.07, 6.45) is 0. The monoisotopic (exact) mass is 258 g/mol. The van der Waals surface area contributed by atoms with Gasteiger partial charge in [-0.3, -0.25) is 0 Å². The lowest BCUT2D eigenvalue weighted by Gasteiger charge is -2.10. The molecule has 2 N–H and O–H groups in total. The Morgan fingerprint density at radius 1 is 1.05 bits per heavy atom. The van der Waals surface area contributed by atoms with Crippen LogP contribution in [0.1, 0.15) is 56.7 Å². The molecule has 0 aliphatic heterocycles. The molecular formula is C15H22N4. The molecule has 0 saturated heterocycles. The van der Waals surface area contributed by atoms with Crippen molar-refractivity contribution in [3.05, 3.63) is 41.5 Å². The van der Waals surface area contributed by atoms with Crippen molar-refractivity contribution in [2.24, 2.45) is 5.73 Å². The molecular weight excluding hydrogens is 236 g/mol. The summed E-state index contributed by atoms with van der Waals surface area (Å²) in [6.45, 7) is 8.98. The van der Waals surface area contributed by atoms with Gasteiger partial charge < -0.3 is 5.73 Å². The van der Waals surface area contributed by atoms with Gasteiger partial charge in [0.1, 0.15) is 5.82 Å². The van der Waals surface area contributed by atoms with Crippen LogP contribution in [0.4, 0.5) is 0 Å². The van der Waals surface area contributed by atoms with Crippen LogP contribution in [0.2, 0.25) is 0 Å². The molecule has 4 heteroatoms. The van der Waals surface area contributed by atoms with E-state index in [4.69, 9.17) is 5.73 Å². The average molecular weight is 258 g/mol. The molecule has 0 aliphatic carbocycles. The average Bonchev–Trinajstić information content (AvgIpc) is 2.83. The van der Waals surface area contributed by atoms with Crippen LogP contribution in [0, 0.1) is 0 Å². The molecule has 0 saturated carbocycles. The van der Waals surface area contributed by atoms with Crippen LogP contribution < -0.4 is 5.73 Å². The number of hydrogen-bond donors (Lipinski definition) is 1. The molecule has 2 aromatic rings. The summed E-state index contributed by atoms with van der Waals surface area (Å²) in [5.41, 5.74) is 8.01. The van der Waals surface area contributed by atoms with Gasteiger partial charge in [0.05, 0.1) is 12.2 Å². The first kappa shape index (κ1) is 13.7. The Bertz CT molecular complexity index is 538. The van der Waals surface area contributed by atoms with Crippen molar-refractivity contribution >= 4 is 0 Å². The lowest BCUT2D eigenvalue weighted by molar-refractivity contribution is 0.712. The zero-order valence-electron chi connectivity index (χ0n) is 12.1. The van der Waals surface area contributed by atoms with Crippen LogP contribution in [-0.4, -0.2) is 14.8 Å². The molecule has 0 atom stereocenters. The first-order valence-electron chi connectivity index (χ1n) is 6.79. The molecule has 1 aromatic heterocycles. The molecule has 102 valence electrons. The fourth-order valence-corrected chi connectivity index (χ4v) is 2.02. The lowest BCUT2D eigenvalue weighted by atomic mass is 10.0. The maximum Gasteiger partial charge on any atom is 0.164 e. The van der Waals surface area contributed by atoms with E-state index < -0.39 is 0 Å². The molecule has 1 aromatic carbocycles. The van der Waals surface area contributed by atoms with Crippen molar-refractivity contribution in [2.45, 2.75) is 46.1 Å². The number of rotatable bonds is 4. The Balaban J connectivity index is 2.42. The summed E-state index contributed by atoms with van der Waals surface area (Å²) in [7, 11) is 0. The van der Waals surface area contributed by atoms with Gasteiger partial charge in [0.25, 0.3) is 0 Å². The van der Waals surface area contributed by atoms with Crippen LogP contribution in [-0.2, 0) is 6.54 Å². The Morgan fingerprint density at radius 3 is 2.16 bits per heavy atom. The number of nitrogens with two attached hydrogens (primary N) is 1. The molecule has 1 heterocycles. The van der Waals surface area contributed by atoms with Crippen molar-refractivity contribution in [3.63, 3.8) is 0 Å². The highest BCUT2D eigenvalue weighted by molar-refractivity contribution is 5.36. The topological polar surface area (TPSA) is 56.7 Å². The summed E-state index contributed by atoms with van der Waals surface area (Å²) in [4.78, 5) is 4.49. The highest BCUT2D eigenvalue weighted by Crippen LogP contribution is 2.20. The molecule has 0 fully saturated rings. The zero-order chi connectivity index (χ0) is 14.0. The zero-order valence-corrected chi connectivity index (χ0v) is 12.1. The Morgan fingerprint density at radius 2 is 1.68 bits per heavy atom. The summed E-state index contributed by atoms with van der Waals surface area (Å²) in [6, 6.07) is 8.48. The van der Waals surface area contributed by atoms with Gasteiger partial charge in [0.15, 0.2) is 5.82 Å². The SMILES string of the molecule is CC(C)c1ccc(-n2nc(CN)nc2C(C)C)cc1. The Hall–Kier alpha value is -1.68. The van der Waals surface area contributed by atoms with E-state index in [-0.39, 0.29) is 0 Å². The minimum atomic E-state index is 0.317. The molecule has 0 radical (unpaired) electrons. The van der Waals surface area contributed by atoms with Crippen molar-refractivity contribution < 1.29 is 0 Å². The largest absolute Gasteiger partial charge is 0.324 e. The van der Waals surface area contributed by atoms with E-state index in [0.29, 0.717) is 24.2 Å². The van der Waals surface area contributed by atoms with Crippen LogP contribution in [0.25, 0.3) is 5.69 Å². The van der Waals surface area contributed by atoms with E-state index in [1.165, 1.54) is 5.56 Å². The van der Waals surface area contributed by atoms with Crippen molar-refractivity contribution in [2.75, 3.05) is 0 Å². The lowest BCUT2D eigenvalue weighted by Crippen LogP contribution is -2.05. The Kier molecular flexibility index (Phi) is 4.00. The van der Waals surface area contributed by atoms with Gasteiger partial charge in [0, 0.05) is 5.92 Å². The van der Waals surface area contributed by atoms with E-state index in [1.54, 1.807) is 0 Å². The third kappa shape index (κ3) is 2.84. The molecule has 0 aliphatic rings. The molecule has 4 nitrogen and oxygen atoms in total. The van der Waals surface area contributed by atoms with E-state index >= 15 is 0 Å². The normalized spacial score (nSPS) is 11.5. The molecule has 19 heavy (non-hydrogen) atoms. The number of benzene rings is 1. The number of nitrogens with zero attached hydrogens (tertiary/aromatic N) is 3. The minimum Gasteiger partial charge on any atom is -0.324 e. The standard InChI is InChI=1S/C15H22N4/c1-10(2)12-5-7-13(8-6-12)19-15(11(3)4)17-14(9-16)18-19/h5-8,10-11H,9,16H2,1-4H3. The summed E-state index contributed by atoms with van der Waals surface area (Å²) < 4.78 is 1.90. The van der Waals surface area contributed by atoms with Gasteiger partial charge in [-0.2, -0.15) is 0 Å². The second-order valence-electron chi connectivity index (χ2n) is 5.40. The highest BCUT2D eigenvalue weighted by Gasteiger charge is 2.13. The maximum absolute atomic E-state index is 5.64. The quantitative estimate of drug-likeness (QED) is 0.917. The van der Waals surface area contributed by atoms with E-state index in [2.05, 4.69) is 62.0 Å². The van der Waals surface area contributed by atoms with Crippen LogP contribution in [0.3, 0.4) is 0 Å². The molecule has 0 unspecified atom stereocenters. The minimum absolute atomic E-state index is 0.317. The molecule has 0 amide bonds. The molecule has 0 bridgehead atoms. The van der Waals surface area contributed by atoms with Crippen LogP contribution in [0.5, 0.6) is 0 Å². The third-order valence-corrected chi connectivity index (χ3v) is 3.18. The third-order valence-electron chi connectivity index (χ3n) is 3.18.